The third-order valence-electron chi connectivity index (χ3n) is 3.93. The molecule has 104 valence electrons. The molecule has 0 aliphatic rings. The zero-order valence-electron chi connectivity index (χ0n) is 12.8. The molecule has 0 aromatic carbocycles. The van der Waals surface area contributed by atoms with E-state index in [1.807, 2.05) is 6.92 Å². The maximum Gasteiger partial charge on any atom is 0.192 e. The highest BCUT2D eigenvalue weighted by Crippen LogP contribution is 2.41. The van der Waals surface area contributed by atoms with Gasteiger partial charge < -0.3 is 8.95 Å². The van der Waals surface area contributed by atoms with E-state index in [9.17, 15) is 0 Å². The van der Waals surface area contributed by atoms with Gasteiger partial charge in [-0.05, 0) is 31.5 Å². The first-order valence-corrected chi connectivity index (χ1v) is 9.68. The number of aryl methyl sites for hydroxylation is 1. The van der Waals surface area contributed by atoms with Crippen molar-refractivity contribution in [2.24, 2.45) is 0 Å². The Hall–Kier alpha value is -0.613. The third-order valence-corrected chi connectivity index (χ3v) is 8.41. The smallest absolute Gasteiger partial charge is 0.192 e. The van der Waals surface area contributed by atoms with E-state index in [2.05, 4.69) is 45.9 Å². The predicted octanol–water partition coefficient (Wildman–Crippen LogP) is 4.85. The average Bonchev–Trinajstić information content (AvgIpc) is 2.61. The van der Waals surface area contributed by atoms with Gasteiger partial charge in [0, 0.05) is 5.56 Å². The lowest BCUT2D eigenvalue weighted by Gasteiger charge is -2.39. The fourth-order valence-corrected chi connectivity index (χ4v) is 2.99. The molecule has 0 radical (unpaired) electrons. The molecule has 1 aromatic heterocycles. The van der Waals surface area contributed by atoms with E-state index in [4.69, 9.17) is 8.95 Å². The van der Waals surface area contributed by atoms with E-state index < -0.39 is 8.32 Å². The minimum atomic E-state index is -1.75. The van der Waals surface area contributed by atoms with Crippen LogP contribution in [0.4, 0.5) is 0 Å². The van der Waals surface area contributed by atoms with Gasteiger partial charge in [-0.25, -0.2) is 0 Å². The molecule has 1 aromatic rings. The van der Waals surface area contributed by atoms with Gasteiger partial charge in [0.25, 0.3) is 0 Å². The topological polar surface area (TPSA) is 35.3 Å². The molecule has 1 heterocycles. The lowest BCUT2D eigenvalue weighted by atomic mass is 10.1. The van der Waals surface area contributed by atoms with Gasteiger partial charge in [-0.3, -0.25) is 0 Å². The van der Waals surface area contributed by atoms with Crippen LogP contribution in [0.2, 0.25) is 18.1 Å². The molecule has 18 heavy (non-hydrogen) atoms. The largest absolute Gasteiger partial charge is 0.410 e. The normalized spacial score (nSPS) is 14.8. The standard InChI is InChI=1S/C14H27NO2Si/c1-8-9-13(12-10-16-15-11(12)2)17-18(6,7)14(3,4)5/h10,13H,8-9H2,1-7H3. The van der Waals surface area contributed by atoms with Crippen LogP contribution in [-0.4, -0.2) is 13.5 Å². The van der Waals surface area contributed by atoms with Crippen molar-refractivity contribution in [3.8, 4) is 0 Å². The van der Waals surface area contributed by atoms with Gasteiger partial charge >= 0.3 is 0 Å². The maximum atomic E-state index is 6.51. The molecule has 0 amide bonds. The number of rotatable bonds is 5. The molecule has 4 heteroatoms. The Morgan fingerprint density at radius 2 is 2.00 bits per heavy atom. The second-order valence-electron chi connectivity index (χ2n) is 6.51. The second kappa shape index (κ2) is 5.57. The summed E-state index contributed by atoms with van der Waals surface area (Å²) in [6, 6.07) is 0. The molecule has 0 fully saturated rings. The molecule has 0 N–H and O–H groups in total. The molecule has 1 atom stereocenters. The predicted molar refractivity (Wildman–Crippen MR) is 77.2 cm³/mol. The molecule has 0 saturated carbocycles. The summed E-state index contributed by atoms with van der Waals surface area (Å²) in [6.07, 6.45) is 3.99. The van der Waals surface area contributed by atoms with E-state index in [1.54, 1.807) is 6.26 Å². The first-order chi connectivity index (χ1) is 8.19. The fraction of sp³-hybridized carbons (Fsp3) is 0.786. The molecule has 1 rings (SSSR count). The fourth-order valence-electron chi connectivity index (χ4n) is 1.68. The van der Waals surface area contributed by atoms with Crippen molar-refractivity contribution in [2.75, 3.05) is 0 Å². The molecule has 0 bridgehead atoms. The summed E-state index contributed by atoms with van der Waals surface area (Å²) in [4.78, 5) is 0. The lowest BCUT2D eigenvalue weighted by Crippen LogP contribution is -2.41. The number of nitrogens with zero attached hydrogens (tertiary/aromatic N) is 1. The van der Waals surface area contributed by atoms with Gasteiger partial charge in [-0.2, -0.15) is 0 Å². The molecule has 0 aliphatic heterocycles. The van der Waals surface area contributed by atoms with Crippen LogP contribution < -0.4 is 0 Å². The lowest BCUT2D eigenvalue weighted by molar-refractivity contribution is 0.171. The summed E-state index contributed by atoms with van der Waals surface area (Å²) in [7, 11) is -1.75. The first kappa shape index (κ1) is 15.4. The highest BCUT2D eigenvalue weighted by Gasteiger charge is 2.39. The van der Waals surface area contributed by atoms with E-state index in [0.717, 1.165) is 24.1 Å². The van der Waals surface area contributed by atoms with Gasteiger partial charge in [0.15, 0.2) is 8.32 Å². The van der Waals surface area contributed by atoms with Crippen molar-refractivity contribution in [2.45, 2.75) is 71.7 Å². The Bertz CT molecular complexity index is 379. The van der Waals surface area contributed by atoms with Crippen LogP contribution in [0.1, 0.15) is 57.9 Å². The Morgan fingerprint density at radius 3 is 2.39 bits per heavy atom. The summed E-state index contributed by atoms with van der Waals surface area (Å²) < 4.78 is 11.6. The molecular weight excluding hydrogens is 242 g/mol. The van der Waals surface area contributed by atoms with Crippen molar-refractivity contribution >= 4 is 8.32 Å². The third kappa shape index (κ3) is 3.45. The molecular formula is C14H27NO2Si. The minimum absolute atomic E-state index is 0.127. The van der Waals surface area contributed by atoms with Gasteiger partial charge in [0.2, 0.25) is 0 Å². The van der Waals surface area contributed by atoms with Crippen LogP contribution in [0, 0.1) is 6.92 Å². The van der Waals surface area contributed by atoms with Crippen LogP contribution in [-0.2, 0) is 4.43 Å². The van der Waals surface area contributed by atoms with Crippen molar-refractivity contribution in [1.29, 1.82) is 0 Å². The zero-order valence-corrected chi connectivity index (χ0v) is 13.8. The summed E-state index contributed by atoms with van der Waals surface area (Å²) in [5, 5.41) is 4.20. The van der Waals surface area contributed by atoms with Gasteiger partial charge in [0.1, 0.15) is 6.26 Å². The van der Waals surface area contributed by atoms with E-state index in [1.165, 1.54) is 0 Å². The molecule has 0 spiro atoms. The molecule has 0 aliphatic carbocycles. The van der Waals surface area contributed by atoms with E-state index in [-0.39, 0.29) is 11.1 Å². The Balaban J connectivity index is 2.92. The summed E-state index contributed by atoms with van der Waals surface area (Å²) >= 11 is 0. The van der Waals surface area contributed by atoms with Crippen molar-refractivity contribution in [3.05, 3.63) is 17.5 Å². The van der Waals surface area contributed by atoms with Crippen molar-refractivity contribution < 1.29 is 8.95 Å². The molecule has 3 nitrogen and oxygen atoms in total. The van der Waals surface area contributed by atoms with Crippen LogP contribution >= 0.6 is 0 Å². The quantitative estimate of drug-likeness (QED) is 0.717. The van der Waals surface area contributed by atoms with Crippen LogP contribution in [0.5, 0.6) is 0 Å². The van der Waals surface area contributed by atoms with Crippen molar-refractivity contribution in [1.82, 2.24) is 5.16 Å². The number of aromatic nitrogens is 1. The summed E-state index contributed by atoms with van der Waals surface area (Å²) in [5.74, 6) is 0. The minimum Gasteiger partial charge on any atom is -0.410 e. The zero-order chi connectivity index (χ0) is 14.0. The Morgan fingerprint density at radius 1 is 1.39 bits per heavy atom. The first-order valence-electron chi connectivity index (χ1n) is 6.77. The van der Waals surface area contributed by atoms with E-state index in [0.29, 0.717) is 0 Å². The highest BCUT2D eigenvalue weighted by atomic mass is 28.4. The highest BCUT2D eigenvalue weighted by molar-refractivity contribution is 6.74. The second-order valence-corrected chi connectivity index (χ2v) is 11.3. The van der Waals surface area contributed by atoms with Gasteiger partial charge in [0.05, 0.1) is 11.8 Å². The van der Waals surface area contributed by atoms with Crippen LogP contribution in [0.25, 0.3) is 0 Å². The van der Waals surface area contributed by atoms with E-state index >= 15 is 0 Å². The Kier molecular flexibility index (Phi) is 4.78. The van der Waals surface area contributed by atoms with Crippen molar-refractivity contribution in [3.63, 3.8) is 0 Å². The number of hydrogen-bond donors (Lipinski definition) is 0. The average molecular weight is 269 g/mol. The monoisotopic (exact) mass is 269 g/mol. The Labute approximate surface area is 112 Å². The SMILES string of the molecule is CCCC(O[Si](C)(C)C(C)(C)C)c1conc1C. The van der Waals surface area contributed by atoms with Gasteiger partial charge in [-0.15, -0.1) is 0 Å². The maximum absolute atomic E-state index is 6.51. The van der Waals surface area contributed by atoms with Crippen LogP contribution in [0.3, 0.4) is 0 Å². The summed E-state index contributed by atoms with van der Waals surface area (Å²) in [5.41, 5.74) is 2.06. The van der Waals surface area contributed by atoms with Gasteiger partial charge in [-0.1, -0.05) is 39.3 Å². The molecule has 0 saturated heterocycles. The summed E-state index contributed by atoms with van der Waals surface area (Å²) in [6.45, 7) is 15.5. The number of hydrogen-bond acceptors (Lipinski definition) is 3. The molecule has 1 unspecified atom stereocenters. The van der Waals surface area contributed by atoms with Crippen LogP contribution in [0.15, 0.2) is 10.8 Å².